The maximum Gasteiger partial charge on any atom is 0.249 e. The van der Waals surface area contributed by atoms with Crippen LogP contribution in [0.5, 0.6) is 0 Å². The summed E-state index contributed by atoms with van der Waals surface area (Å²) in [7, 11) is 0. The van der Waals surface area contributed by atoms with E-state index in [2.05, 4.69) is 43.5 Å². The lowest BCUT2D eigenvalue weighted by Gasteiger charge is -2.27. The lowest BCUT2D eigenvalue weighted by molar-refractivity contribution is -0.132. The van der Waals surface area contributed by atoms with Crippen LogP contribution in [0, 0.1) is 0 Å². The van der Waals surface area contributed by atoms with E-state index in [-0.39, 0.29) is 0 Å². The quantitative estimate of drug-likeness (QED) is 0.0313. The third-order valence-electron chi connectivity index (χ3n) is 11.4. The normalized spacial score (nSPS) is 14.2. The van der Waals surface area contributed by atoms with Crippen molar-refractivity contribution in [1.29, 1.82) is 0 Å². The van der Waals surface area contributed by atoms with E-state index in [4.69, 9.17) is 0 Å². The molecule has 0 aromatic rings. The molecule has 0 rings (SSSR count). The molecule has 0 heterocycles. The molecule has 4 atom stereocenters. The minimum atomic E-state index is -1.28. The van der Waals surface area contributed by atoms with Gasteiger partial charge < -0.3 is 25.7 Å². The number of nitrogens with one attached hydrogen (secondary N) is 1. The molecule has 0 aliphatic rings. The monoisotopic (exact) mass is 778 g/mol. The smallest absolute Gasteiger partial charge is 0.249 e. The van der Waals surface area contributed by atoms with Crippen molar-refractivity contribution in [2.75, 3.05) is 6.61 Å². The van der Waals surface area contributed by atoms with Gasteiger partial charge in [0.25, 0.3) is 0 Å². The second-order valence-electron chi connectivity index (χ2n) is 16.8. The molecule has 0 bridgehead atoms. The van der Waals surface area contributed by atoms with Crippen LogP contribution in [0.15, 0.2) is 24.3 Å². The van der Waals surface area contributed by atoms with Crippen LogP contribution in [0.1, 0.15) is 251 Å². The third-order valence-corrected chi connectivity index (χ3v) is 11.4. The standard InChI is InChI=1S/C49H95NO5/c1-3-5-7-9-11-12-13-14-15-16-17-18-19-20-21-22-23-24-25-26-27-28-29-30-31-32-33-34-35-37-39-41-43-47(53)49(55)50-45(44-51)48(54)46(52)42-40-38-36-10-8-6-4-2/h10,20-21,36,45-48,51-54H,3-9,11-19,22-35,37-44H2,1-2H3,(H,50,55)/b21-20-,36-10+. The lowest BCUT2D eigenvalue weighted by atomic mass is 10.00. The molecule has 0 saturated heterocycles. The van der Waals surface area contributed by atoms with Crippen LogP contribution in [0.4, 0.5) is 0 Å². The molecular weight excluding hydrogens is 683 g/mol. The predicted octanol–water partition coefficient (Wildman–Crippen LogP) is 13.1. The topological polar surface area (TPSA) is 110 Å². The van der Waals surface area contributed by atoms with Crippen LogP contribution in [-0.4, -0.2) is 57.3 Å². The van der Waals surface area contributed by atoms with Gasteiger partial charge in [0.1, 0.15) is 12.2 Å². The van der Waals surface area contributed by atoms with Crippen LogP contribution >= 0.6 is 0 Å². The Balaban J connectivity index is 3.50. The first kappa shape index (κ1) is 53.8. The van der Waals surface area contributed by atoms with Gasteiger partial charge in [0.2, 0.25) is 5.91 Å². The Kier molecular flexibility index (Phi) is 42.9. The number of carbonyl (C=O) groups is 1. The molecule has 0 radical (unpaired) electrons. The zero-order valence-corrected chi connectivity index (χ0v) is 36.7. The highest BCUT2D eigenvalue weighted by molar-refractivity contribution is 5.80. The number of aliphatic hydroxyl groups excluding tert-OH is 4. The molecule has 0 aliphatic carbocycles. The Labute approximate surface area is 342 Å². The molecule has 0 spiro atoms. The van der Waals surface area contributed by atoms with Gasteiger partial charge in [0.15, 0.2) is 0 Å². The van der Waals surface area contributed by atoms with Gasteiger partial charge in [-0.3, -0.25) is 4.79 Å². The van der Waals surface area contributed by atoms with E-state index in [0.717, 1.165) is 38.5 Å². The van der Waals surface area contributed by atoms with Crippen LogP contribution in [0.2, 0.25) is 0 Å². The van der Waals surface area contributed by atoms with Gasteiger partial charge in [-0.15, -0.1) is 0 Å². The number of hydrogen-bond donors (Lipinski definition) is 5. The first-order chi connectivity index (χ1) is 27.0. The molecule has 0 saturated carbocycles. The van der Waals surface area contributed by atoms with E-state index in [1.54, 1.807) is 0 Å². The van der Waals surface area contributed by atoms with Crippen molar-refractivity contribution in [2.45, 2.75) is 276 Å². The Hall–Kier alpha value is -1.21. The molecule has 0 aromatic heterocycles. The van der Waals surface area contributed by atoms with Crippen molar-refractivity contribution in [2.24, 2.45) is 0 Å². The fraction of sp³-hybridized carbons (Fsp3) is 0.898. The van der Waals surface area contributed by atoms with Gasteiger partial charge in [0, 0.05) is 0 Å². The first-order valence-corrected chi connectivity index (χ1v) is 24.2. The van der Waals surface area contributed by atoms with Gasteiger partial charge in [-0.25, -0.2) is 0 Å². The molecule has 326 valence electrons. The van der Waals surface area contributed by atoms with Gasteiger partial charge >= 0.3 is 0 Å². The minimum Gasteiger partial charge on any atom is -0.394 e. The van der Waals surface area contributed by atoms with E-state index in [1.807, 2.05) is 0 Å². The van der Waals surface area contributed by atoms with Gasteiger partial charge in [0.05, 0.1) is 18.8 Å². The fourth-order valence-corrected chi connectivity index (χ4v) is 7.50. The maximum atomic E-state index is 12.5. The van der Waals surface area contributed by atoms with Crippen LogP contribution in [0.25, 0.3) is 0 Å². The average Bonchev–Trinajstić information content (AvgIpc) is 3.19. The average molecular weight is 778 g/mol. The molecule has 0 fully saturated rings. The highest BCUT2D eigenvalue weighted by atomic mass is 16.3. The molecular formula is C49H95NO5. The minimum absolute atomic E-state index is 0.365. The molecule has 5 N–H and O–H groups in total. The Bertz CT molecular complexity index is 832. The van der Waals surface area contributed by atoms with E-state index < -0.39 is 36.9 Å². The van der Waals surface area contributed by atoms with E-state index in [9.17, 15) is 25.2 Å². The highest BCUT2D eigenvalue weighted by Gasteiger charge is 2.28. The number of allylic oxidation sites excluding steroid dienone is 4. The Morgan fingerprint density at radius 2 is 0.764 bits per heavy atom. The first-order valence-electron chi connectivity index (χ1n) is 24.2. The number of amides is 1. The molecule has 0 aliphatic heterocycles. The summed E-state index contributed by atoms with van der Waals surface area (Å²) >= 11 is 0. The van der Waals surface area contributed by atoms with Crippen LogP contribution in [-0.2, 0) is 4.79 Å². The second-order valence-corrected chi connectivity index (χ2v) is 16.8. The van der Waals surface area contributed by atoms with Gasteiger partial charge in [-0.05, 0) is 57.8 Å². The summed E-state index contributed by atoms with van der Waals surface area (Å²) < 4.78 is 0. The molecule has 1 amide bonds. The van der Waals surface area contributed by atoms with Crippen molar-refractivity contribution in [3.05, 3.63) is 24.3 Å². The van der Waals surface area contributed by atoms with Crippen molar-refractivity contribution in [1.82, 2.24) is 5.32 Å². The fourth-order valence-electron chi connectivity index (χ4n) is 7.50. The summed E-state index contributed by atoms with van der Waals surface area (Å²) in [5.74, 6) is -0.595. The Morgan fingerprint density at radius 3 is 1.15 bits per heavy atom. The highest BCUT2D eigenvalue weighted by Crippen LogP contribution is 2.17. The van der Waals surface area contributed by atoms with Crippen LogP contribution in [0.3, 0.4) is 0 Å². The molecule has 6 heteroatoms. The second kappa shape index (κ2) is 43.9. The third kappa shape index (κ3) is 38.1. The van der Waals surface area contributed by atoms with Crippen molar-refractivity contribution < 1.29 is 25.2 Å². The van der Waals surface area contributed by atoms with Crippen LogP contribution < -0.4 is 5.32 Å². The largest absolute Gasteiger partial charge is 0.394 e. The summed E-state index contributed by atoms with van der Waals surface area (Å²) in [5, 5.41) is 43.3. The zero-order valence-electron chi connectivity index (χ0n) is 36.7. The molecule has 6 nitrogen and oxygen atoms in total. The SMILES string of the molecule is CCCC/C=C/CCCC(O)C(O)C(CO)NC(=O)C(O)CCCCCCCCCCCCCCCCCC/C=C\CCCCCCCCCCCCCC. The van der Waals surface area contributed by atoms with Crippen molar-refractivity contribution in [3.8, 4) is 0 Å². The summed E-state index contributed by atoms with van der Waals surface area (Å²) in [6, 6.07) is -0.997. The van der Waals surface area contributed by atoms with Gasteiger partial charge in [-0.1, -0.05) is 218 Å². The summed E-state index contributed by atoms with van der Waals surface area (Å²) in [5.41, 5.74) is 0. The zero-order chi connectivity index (χ0) is 40.3. The van der Waals surface area contributed by atoms with Crippen molar-refractivity contribution >= 4 is 5.91 Å². The number of aliphatic hydroxyl groups is 4. The maximum absolute atomic E-state index is 12.5. The summed E-state index contributed by atoms with van der Waals surface area (Å²) in [4.78, 5) is 12.5. The molecule has 4 unspecified atom stereocenters. The van der Waals surface area contributed by atoms with E-state index in [1.165, 1.54) is 180 Å². The van der Waals surface area contributed by atoms with E-state index in [0.29, 0.717) is 19.3 Å². The molecule has 55 heavy (non-hydrogen) atoms. The predicted molar refractivity (Wildman–Crippen MR) is 237 cm³/mol. The summed E-state index contributed by atoms with van der Waals surface area (Å²) in [6.45, 7) is 3.96. The summed E-state index contributed by atoms with van der Waals surface area (Å²) in [6.07, 6.45) is 51.4. The van der Waals surface area contributed by atoms with Gasteiger partial charge in [-0.2, -0.15) is 0 Å². The number of rotatable bonds is 44. The molecule has 0 aromatic carbocycles. The number of unbranched alkanes of at least 4 members (excludes halogenated alkanes) is 31. The van der Waals surface area contributed by atoms with Crippen molar-refractivity contribution in [3.63, 3.8) is 0 Å². The lowest BCUT2D eigenvalue weighted by Crippen LogP contribution is -2.53. The Morgan fingerprint density at radius 1 is 0.436 bits per heavy atom. The number of hydrogen-bond acceptors (Lipinski definition) is 5. The van der Waals surface area contributed by atoms with E-state index >= 15 is 0 Å². The number of carbonyl (C=O) groups excluding carboxylic acids is 1.